The molecule has 0 saturated carbocycles. The summed E-state index contributed by atoms with van der Waals surface area (Å²) < 4.78 is 26.4. The Balaban J connectivity index is 2.15. The van der Waals surface area contributed by atoms with Crippen LogP contribution in [0.4, 0.5) is 11.4 Å². The van der Waals surface area contributed by atoms with Crippen molar-refractivity contribution >= 4 is 33.2 Å². The molecule has 0 bridgehead atoms. The molecule has 1 aromatic carbocycles. The Kier molecular flexibility index (Phi) is 7.12. The van der Waals surface area contributed by atoms with E-state index in [4.69, 9.17) is 5.73 Å². The first kappa shape index (κ1) is 20.6. The predicted molar refractivity (Wildman–Crippen MR) is 113 cm³/mol. The Bertz CT molecular complexity index is 917. The van der Waals surface area contributed by atoms with Crippen LogP contribution in [0.25, 0.3) is 5.57 Å². The average Bonchev–Trinajstić information content (AvgIpc) is 2.64. The van der Waals surface area contributed by atoms with Crippen LogP contribution in [0.5, 0.6) is 0 Å². The molecule has 2 aromatic rings. The van der Waals surface area contributed by atoms with Crippen molar-refractivity contribution in [3.63, 3.8) is 0 Å². The molecule has 6 nitrogen and oxygen atoms in total. The van der Waals surface area contributed by atoms with Crippen LogP contribution in [0.1, 0.15) is 38.4 Å². The van der Waals surface area contributed by atoms with Gasteiger partial charge in [0.15, 0.2) is 0 Å². The Morgan fingerprint density at radius 2 is 1.96 bits per heavy atom. The number of pyridine rings is 1. The average molecular weight is 387 g/mol. The Morgan fingerprint density at radius 3 is 2.56 bits per heavy atom. The van der Waals surface area contributed by atoms with Gasteiger partial charge in [-0.25, -0.2) is 8.42 Å². The normalized spacial score (nSPS) is 12.7. The van der Waals surface area contributed by atoms with Crippen molar-refractivity contribution in [1.82, 2.24) is 4.98 Å². The molecule has 0 unspecified atom stereocenters. The quantitative estimate of drug-likeness (QED) is 0.673. The third-order valence-electron chi connectivity index (χ3n) is 3.94. The summed E-state index contributed by atoms with van der Waals surface area (Å²) >= 11 is 0. The molecule has 0 aliphatic carbocycles. The number of anilines is 1. The lowest BCUT2D eigenvalue weighted by Crippen LogP contribution is -2.22. The van der Waals surface area contributed by atoms with E-state index in [1.54, 1.807) is 50.5 Å². The van der Waals surface area contributed by atoms with Gasteiger partial charge in [0.2, 0.25) is 10.0 Å². The van der Waals surface area contributed by atoms with Gasteiger partial charge >= 0.3 is 0 Å². The second-order valence-electron chi connectivity index (χ2n) is 6.41. The molecule has 2 rings (SSSR count). The lowest BCUT2D eigenvalue weighted by Gasteiger charge is -2.11. The Morgan fingerprint density at radius 1 is 1.26 bits per heavy atom. The highest BCUT2D eigenvalue weighted by molar-refractivity contribution is 7.93. The van der Waals surface area contributed by atoms with Crippen molar-refractivity contribution < 1.29 is 8.42 Å². The van der Waals surface area contributed by atoms with Crippen LogP contribution in [0.3, 0.4) is 0 Å². The summed E-state index contributed by atoms with van der Waals surface area (Å²) in [4.78, 5) is 8.79. The van der Waals surface area contributed by atoms with Gasteiger partial charge in [0.25, 0.3) is 0 Å². The van der Waals surface area contributed by atoms with Gasteiger partial charge in [0.1, 0.15) is 0 Å². The van der Waals surface area contributed by atoms with Gasteiger partial charge in [-0.2, -0.15) is 0 Å². The Hall–Kier alpha value is -2.67. The zero-order valence-corrected chi connectivity index (χ0v) is 16.7. The number of nitrogens with one attached hydrogen (secondary N) is 1. The maximum atomic E-state index is 11.9. The summed E-state index contributed by atoms with van der Waals surface area (Å²) in [6.45, 7) is 5.37. The summed E-state index contributed by atoms with van der Waals surface area (Å²) in [5, 5.41) is -0.498. The first-order valence-corrected chi connectivity index (χ1v) is 10.4. The number of aliphatic imine (C=N–C) groups is 1. The zero-order valence-electron chi connectivity index (χ0n) is 15.9. The fourth-order valence-electron chi connectivity index (χ4n) is 2.31. The minimum absolute atomic E-state index is 0.498. The van der Waals surface area contributed by atoms with E-state index in [0.717, 1.165) is 35.4 Å². The third-order valence-corrected chi connectivity index (χ3v) is 5.70. The van der Waals surface area contributed by atoms with E-state index in [9.17, 15) is 8.42 Å². The summed E-state index contributed by atoms with van der Waals surface area (Å²) in [6, 6.07) is 10.8. The molecule has 0 aliphatic rings. The van der Waals surface area contributed by atoms with E-state index in [0.29, 0.717) is 5.69 Å². The number of nitrogens with zero attached hydrogens (tertiary/aromatic N) is 2. The minimum atomic E-state index is -3.37. The topological polar surface area (TPSA) is 97.4 Å². The van der Waals surface area contributed by atoms with E-state index >= 15 is 0 Å². The summed E-state index contributed by atoms with van der Waals surface area (Å²) in [7, 11) is -3.37. The first-order valence-electron chi connectivity index (χ1n) is 8.88. The number of nitrogens with two attached hydrogens (primary N) is 1. The molecule has 7 heteroatoms. The van der Waals surface area contributed by atoms with Crippen LogP contribution in [-0.2, 0) is 16.4 Å². The Labute approximate surface area is 161 Å². The van der Waals surface area contributed by atoms with Crippen LogP contribution in [0, 0.1) is 0 Å². The van der Waals surface area contributed by atoms with Gasteiger partial charge in [-0.3, -0.25) is 14.7 Å². The highest BCUT2D eigenvalue weighted by atomic mass is 32.2. The van der Waals surface area contributed by atoms with Gasteiger partial charge in [-0.05, 0) is 50.1 Å². The molecule has 1 aromatic heterocycles. The highest BCUT2D eigenvalue weighted by Crippen LogP contribution is 2.19. The van der Waals surface area contributed by atoms with E-state index in [2.05, 4.69) is 21.6 Å². The molecule has 0 fully saturated rings. The second kappa shape index (κ2) is 9.32. The van der Waals surface area contributed by atoms with Gasteiger partial charge in [0.05, 0.1) is 10.9 Å². The number of aryl methyl sites for hydroxylation is 1. The third kappa shape index (κ3) is 5.92. The second-order valence-corrected chi connectivity index (χ2v) is 8.65. The van der Waals surface area contributed by atoms with Crippen molar-refractivity contribution in [1.29, 1.82) is 0 Å². The number of benzene rings is 1. The summed E-state index contributed by atoms with van der Waals surface area (Å²) in [5.41, 5.74) is 9.66. The number of hydrogen-bond donors (Lipinski definition) is 2. The van der Waals surface area contributed by atoms with E-state index in [1.807, 2.05) is 12.1 Å². The maximum Gasteiger partial charge on any atom is 0.235 e. The fourth-order valence-corrected chi connectivity index (χ4v) is 3.01. The highest BCUT2D eigenvalue weighted by Gasteiger charge is 2.15. The smallest absolute Gasteiger partial charge is 0.235 e. The molecule has 144 valence electrons. The standard InChI is InChI=1S/C20H26N4O2S/c1-4-5-19-12-20(10-11-22-19)23-14-17(13-21)16-6-8-18(9-7-16)24-27(25,26)15(2)3/h6-15,24H,4-5,21H2,1-3H3. The summed E-state index contributed by atoms with van der Waals surface area (Å²) in [5.74, 6) is 0. The number of rotatable bonds is 8. The monoisotopic (exact) mass is 386 g/mol. The molecule has 0 amide bonds. The van der Waals surface area contributed by atoms with Crippen LogP contribution in [0.2, 0.25) is 0 Å². The van der Waals surface area contributed by atoms with Gasteiger partial charge in [-0.15, -0.1) is 0 Å². The van der Waals surface area contributed by atoms with Crippen molar-refractivity contribution in [2.75, 3.05) is 4.72 Å². The molecule has 1 heterocycles. The van der Waals surface area contributed by atoms with Crippen LogP contribution >= 0.6 is 0 Å². The van der Waals surface area contributed by atoms with Crippen molar-refractivity contribution in [2.24, 2.45) is 10.7 Å². The van der Waals surface area contributed by atoms with Crippen molar-refractivity contribution in [3.8, 4) is 0 Å². The van der Waals surface area contributed by atoms with Crippen LogP contribution < -0.4 is 10.5 Å². The SMILES string of the molecule is CCCc1cc(N=CC(=CN)c2ccc(NS(=O)(=O)C(C)C)cc2)ccn1. The van der Waals surface area contributed by atoms with Crippen molar-refractivity contribution in [2.45, 2.75) is 38.9 Å². The predicted octanol–water partition coefficient (Wildman–Crippen LogP) is 3.89. The first-order chi connectivity index (χ1) is 12.9. The molecule has 0 radical (unpaired) electrons. The fraction of sp³-hybridized carbons (Fsp3) is 0.300. The molecule has 0 spiro atoms. The number of hydrogen-bond acceptors (Lipinski definition) is 5. The van der Waals surface area contributed by atoms with Crippen molar-refractivity contribution in [3.05, 3.63) is 60.1 Å². The molecule has 0 atom stereocenters. The molecule has 0 saturated heterocycles. The molecule has 27 heavy (non-hydrogen) atoms. The number of allylic oxidation sites excluding steroid dienone is 1. The minimum Gasteiger partial charge on any atom is -0.404 e. The molecule has 3 N–H and O–H groups in total. The lowest BCUT2D eigenvalue weighted by atomic mass is 10.1. The zero-order chi connectivity index (χ0) is 19.9. The van der Waals surface area contributed by atoms with Gasteiger partial charge < -0.3 is 5.73 Å². The molecular formula is C20H26N4O2S. The lowest BCUT2D eigenvalue weighted by molar-refractivity contribution is 0.593. The summed E-state index contributed by atoms with van der Waals surface area (Å²) in [6.07, 6.45) is 6.86. The molecular weight excluding hydrogens is 360 g/mol. The number of sulfonamides is 1. The van der Waals surface area contributed by atoms with E-state index in [1.165, 1.54) is 6.20 Å². The molecule has 0 aliphatic heterocycles. The van der Waals surface area contributed by atoms with Gasteiger partial charge in [-0.1, -0.05) is 25.5 Å². The van der Waals surface area contributed by atoms with E-state index in [-0.39, 0.29) is 0 Å². The maximum absolute atomic E-state index is 11.9. The van der Waals surface area contributed by atoms with Gasteiger partial charge in [0, 0.05) is 35.6 Å². The van der Waals surface area contributed by atoms with E-state index < -0.39 is 15.3 Å². The van der Waals surface area contributed by atoms with Crippen LogP contribution in [-0.4, -0.2) is 24.9 Å². The van der Waals surface area contributed by atoms with Crippen LogP contribution in [0.15, 0.2) is 53.8 Å². The largest absolute Gasteiger partial charge is 0.404 e. The number of aromatic nitrogens is 1.